The third-order valence-corrected chi connectivity index (χ3v) is 4.43. The molecule has 2 N–H and O–H groups in total. The van der Waals surface area contributed by atoms with Gasteiger partial charge in [0, 0.05) is 18.6 Å². The summed E-state index contributed by atoms with van der Waals surface area (Å²) < 4.78 is 5.25. The lowest BCUT2D eigenvalue weighted by Gasteiger charge is -2.33. The molecule has 20 heavy (non-hydrogen) atoms. The summed E-state index contributed by atoms with van der Waals surface area (Å²) in [6.07, 6.45) is 2.24. The van der Waals surface area contributed by atoms with E-state index in [1.807, 2.05) is 12.1 Å². The van der Waals surface area contributed by atoms with Crippen molar-refractivity contribution in [1.29, 1.82) is 0 Å². The van der Waals surface area contributed by atoms with Crippen LogP contribution < -0.4 is 10.5 Å². The first-order valence-electron chi connectivity index (χ1n) is 7.60. The van der Waals surface area contributed by atoms with Gasteiger partial charge in [-0.05, 0) is 42.5 Å². The lowest BCUT2D eigenvalue weighted by atomic mass is 9.92. The zero-order valence-corrected chi connectivity index (χ0v) is 13.2. The van der Waals surface area contributed by atoms with Crippen molar-refractivity contribution in [3.63, 3.8) is 0 Å². The lowest BCUT2D eigenvalue weighted by molar-refractivity contribution is 0.189. The maximum absolute atomic E-state index is 6.42. The molecule has 2 atom stereocenters. The summed E-state index contributed by atoms with van der Waals surface area (Å²) in [6.45, 7) is 9.11. The number of hydrogen-bond acceptors (Lipinski definition) is 3. The Hall–Kier alpha value is -1.06. The second-order valence-corrected chi connectivity index (χ2v) is 6.67. The monoisotopic (exact) mass is 276 g/mol. The highest BCUT2D eigenvalue weighted by atomic mass is 16.5. The van der Waals surface area contributed by atoms with Crippen LogP contribution in [0.5, 0.6) is 5.75 Å². The summed E-state index contributed by atoms with van der Waals surface area (Å²) in [7, 11) is 1.70. The van der Waals surface area contributed by atoms with E-state index in [0.29, 0.717) is 11.5 Å². The molecule has 3 heteroatoms. The molecule has 0 spiro atoms. The molecular formula is C17H28N2O. The molecule has 1 heterocycles. The molecule has 0 radical (unpaired) electrons. The second-order valence-electron chi connectivity index (χ2n) is 6.67. The van der Waals surface area contributed by atoms with Gasteiger partial charge in [0.15, 0.2) is 0 Å². The first-order valence-corrected chi connectivity index (χ1v) is 7.60. The van der Waals surface area contributed by atoms with Crippen LogP contribution in [0.1, 0.15) is 45.2 Å². The van der Waals surface area contributed by atoms with Crippen LogP contribution in [-0.2, 0) is 0 Å². The van der Waals surface area contributed by atoms with Crippen molar-refractivity contribution in [2.75, 3.05) is 20.2 Å². The maximum atomic E-state index is 6.42. The Kier molecular flexibility index (Phi) is 4.71. The Morgan fingerprint density at radius 1 is 1.30 bits per heavy atom. The standard InChI is InChI=1S/C17H28N2O/c1-5-15(18)16(19-11-10-17(2,3)12-19)13-6-8-14(20-4)9-7-13/h6-9,15-16H,5,10-12,18H2,1-4H3. The van der Waals surface area contributed by atoms with Crippen molar-refractivity contribution in [3.8, 4) is 5.75 Å². The van der Waals surface area contributed by atoms with E-state index >= 15 is 0 Å². The quantitative estimate of drug-likeness (QED) is 0.897. The zero-order valence-electron chi connectivity index (χ0n) is 13.2. The first-order chi connectivity index (χ1) is 9.46. The third-order valence-electron chi connectivity index (χ3n) is 4.43. The fourth-order valence-corrected chi connectivity index (χ4v) is 3.14. The largest absolute Gasteiger partial charge is 0.497 e. The minimum atomic E-state index is 0.178. The lowest BCUT2D eigenvalue weighted by Crippen LogP contribution is -2.40. The Balaban J connectivity index is 2.23. The van der Waals surface area contributed by atoms with E-state index in [1.54, 1.807) is 7.11 Å². The fourth-order valence-electron chi connectivity index (χ4n) is 3.14. The number of benzene rings is 1. The molecule has 0 aliphatic carbocycles. The van der Waals surface area contributed by atoms with Crippen LogP contribution in [0.4, 0.5) is 0 Å². The van der Waals surface area contributed by atoms with Crippen LogP contribution >= 0.6 is 0 Å². The van der Waals surface area contributed by atoms with Crippen molar-refractivity contribution < 1.29 is 4.74 Å². The van der Waals surface area contributed by atoms with Gasteiger partial charge in [0.2, 0.25) is 0 Å². The van der Waals surface area contributed by atoms with Crippen molar-refractivity contribution in [1.82, 2.24) is 4.90 Å². The summed E-state index contributed by atoms with van der Waals surface area (Å²) in [5, 5.41) is 0. The highest BCUT2D eigenvalue weighted by Crippen LogP contribution is 2.36. The molecule has 0 saturated carbocycles. The van der Waals surface area contributed by atoms with Gasteiger partial charge in [-0.1, -0.05) is 32.9 Å². The van der Waals surface area contributed by atoms with Gasteiger partial charge in [-0.15, -0.1) is 0 Å². The van der Waals surface area contributed by atoms with Crippen molar-refractivity contribution >= 4 is 0 Å². The summed E-state index contributed by atoms with van der Waals surface area (Å²) in [5.41, 5.74) is 8.12. The highest BCUT2D eigenvalue weighted by Gasteiger charge is 2.35. The van der Waals surface area contributed by atoms with Gasteiger partial charge in [0.1, 0.15) is 5.75 Å². The van der Waals surface area contributed by atoms with Crippen LogP contribution in [0.15, 0.2) is 24.3 Å². The van der Waals surface area contributed by atoms with Gasteiger partial charge in [0.25, 0.3) is 0 Å². The predicted molar refractivity (Wildman–Crippen MR) is 84.0 cm³/mol. The Morgan fingerprint density at radius 3 is 2.40 bits per heavy atom. The number of methoxy groups -OCH3 is 1. The van der Waals surface area contributed by atoms with Crippen LogP contribution in [0.3, 0.4) is 0 Å². The van der Waals surface area contributed by atoms with Gasteiger partial charge < -0.3 is 10.5 Å². The van der Waals surface area contributed by atoms with Crippen LogP contribution in [0.25, 0.3) is 0 Å². The molecule has 1 saturated heterocycles. The number of rotatable bonds is 5. The maximum Gasteiger partial charge on any atom is 0.118 e. The summed E-state index contributed by atoms with van der Waals surface area (Å²) >= 11 is 0. The van der Waals surface area contributed by atoms with Gasteiger partial charge in [-0.3, -0.25) is 4.90 Å². The summed E-state index contributed by atoms with van der Waals surface area (Å²) in [4.78, 5) is 2.55. The second kappa shape index (κ2) is 6.15. The molecule has 1 aromatic carbocycles. The van der Waals surface area contributed by atoms with E-state index in [9.17, 15) is 0 Å². The van der Waals surface area contributed by atoms with Crippen molar-refractivity contribution in [3.05, 3.63) is 29.8 Å². The van der Waals surface area contributed by atoms with Gasteiger partial charge in [-0.2, -0.15) is 0 Å². The number of nitrogens with zero attached hydrogens (tertiary/aromatic N) is 1. The average Bonchev–Trinajstić information content (AvgIpc) is 2.79. The van der Waals surface area contributed by atoms with E-state index in [4.69, 9.17) is 10.5 Å². The molecule has 1 aromatic rings. The normalized spacial score (nSPS) is 21.6. The fraction of sp³-hybridized carbons (Fsp3) is 0.647. The molecule has 1 fully saturated rings. The Bertz CT molecular complexity index is 427. The van der Waals surface area contributed by atoms with Crippen LogP contribution in [0.2, 0.25) is 0 Å². The van der Waals surface area contributed by atoms with Crippen molar-refractivity contribution in [2.24, 2.45) is 11.1 Å². The smallest absolute Gasteiger partial charge is 0.118 e. The zero-order chi connectivity index (χ0) is 14.8. The van der Waals surface area contributed by atoms with Crippen LogP contribution in [0, 0.1) is 5.41 Å². The van der Waals surface area contributed by atoms with E-state index in [-0.39, 0.29) is 6.04 Å². The minimum Gasteiger partial charge on any atom is -0.497 e. The van der Waals surface area contributed by atoms with Crippen molar-refractivity contribution in [2.45, 2.75) is 45.7 Å². The van der Waals surface area contributed by atoms with Gasteiger partial charge in [0.05, 0.1) is 7.11 Å². The highest BCUT2D eigenvalue weighted by molar-refractivity contribution is 5.30. The molecule has 1 aliphatic rings. The molecule has 0 amide bonds. The Labute approximate surface area is 123 Å². The first kappa shape index (κ1) is 15.3. The molecule has 2 rings (SSSR count). The minimum absolute atomic E-state index is 0.178. The molecule has 0 aromatic heterocycles. The number of nitrogens with two attached hydrogens (primary N) is 1. The van der Waals surface area contributed by atoms with E-state index in [1.165, 1.54) is 12.0 Å². The summed E-state index contributed by atoms with van der Waals surface area (Å²) in [5.74, 6) is 0.902. The molecular weight excluding hydrogens is 248 g/mol. The number of ether oxygens (including phenoxy) is 1. The third kappa shape index (κ3) is 3.33. The van der Waals surface area contributed by atoms with E-state index < -0.39 is 0 Å². The van der Waals surface area contributed by atoms with Gasteiger partial charge in [-0.25, -0.2) is 0 Å². The van der Waals surface area contributed by atoms with Crippen LogP contribution in [-0.4, -0.2) is 31.1 Å². The van der Waals surface area contributed by atoms with E-state index in [2.05, 4.69) is 37.8 Å². The number of likely N-dealkylation sites (tertiary alicyclic amines) is 1. The molecule has 3 nitrogen and oxygen atoms in total. The predicted octanol–water partition coefficient (Wildman–Crippen LogP) is 3.21. The summed E-state index contributed by atoms with van der Waals surface area (Å²) in [6, 6.07) is 8.87. The molecule has 0 bridgehead atoms. The van der Waals surface area contributed by atoms with Gasteiger partial charge >= 0.3 is 0 Å². The van der Waals surface area contributed by atoms with E-state index in [0.717, 1.165) is 25.3 Å². The average molecular weight is 276 g/mol. The SMILES string of the molecule is CCC(N)C(c1ccc(OC)cc1)N1CCC(C)(C)C1. The topological polar surface area (TPSA) is 38.5 Å². The molecule has 1 aliphatic heterocycles. The Morgan fingerprint density at radius 2 is 1.95 bits per heavy atom. The molecule has 2 unspecified atom stereocenters. The number of hydrogen-bond donors (Lipinski definition) is 1. The molecule has 112 valence electrons.